The van der Waals surface area contributed by atoms with Crippen LogP contribution in [0.3, 0.4) is 0 Å². The second-order valence-electron chi connectivity index (χ2n) is 7.11. The molecule has 0 saturated heterocycles. The summed E-state index contributed by atoms with van der Waals surface area (Å²) in [5.74, 6) is -2.38. The number of hydrogen-bond donors (Lipinski definition) is 2. The van der Waals surface area contributed by atoms with Crippen LogP contribution in [0.2, 0.25) is 0 Å². The molecule has 0 aliphatic heterocycles. The van der Waals surface area contributed by atoms with Crippen LogP contribution in [0.4, 0.5) is 0 Å². The number of carboxylic acid groups (broad SMARTS) is 2. The zero-order valence-electron chi connectivity index (χ0n) is 17.0. The SMILES string of the molecule is O=C(O)c1c(Oc2ccc(-c3ccc(Br)cc3)cc2)ccc(-c2ccc(Br)cc2)c1C(=O)O. The Morgan fingerprint density at radius 1 is 0.576 bits per heavy atom. The molecule has 0 amide bonds. The van der Waals surface area contributed by atoms with Crippen molar-refractivity contribution in [2.75, 3.05) is 0 Å². The maximum Gasteiger partial charge on any atom is 0.340 e. The Kier molecular flexibility index (Phi) is 6.62. The highest BCUT2D eigenvalue weighted by Gasteiger charge is 2.26. The normalized spacial score (nSPS) is 10.6. The number of carbonyl (C=O) groups is 2. The quantitative estimate of drug-likeness (QED) is 0.249. The molecule has 0 unspecified atom stereocenters. The molecule has 5 nitrogen and oxygen atoms in total. The van der Waals surface area contributed by atoms with Gasteiger partial charge in [-0.2, -0.15) is 0 Å². The molecule has 0 aromatic heterocycles. The third kappa shape index (κ3) is 4.99. The Morgan fingerprint density at radius 2 is 1.03 bits per heavy atom. The van der Waals surface area contributed by atoms with Gasteiger partial charge in [-0.3, -0.25) is 0 Å². The van der Waals surface area contributed by atoms with Gasteiger partial charge in [0.2, 0.25) is 0 Å². The van der Waals surface area contributed by atoms with Gasteiger partial charge in [0.25, 0.3) is 0 Å². The summed E-state index contributed by atoms with van der Waals surface area (Å²) in [6, 6.07) is 25.0. The number of aromatic carboxylic acids is 2. The van der Waals surface area contributed by atoms with Crippen LogP contribution in [0.5, 0.6) is 11.5 Å². The van der Waals surface area contributed by atoms with Crippen molar-refractivity contribution in [2.24, 2.45) is 0 Å². The summed E-state index contributed by atoms with van der Waals surface area (Å²) in [5.41, 5.74) is 2.13. The fraction of sp³-hybridized carbons (Fsp3) is 0. The van der Waals surface area contributed by atoms with E-state index in [1.165, 1.54) is 6.07 Å². The second kappa shape index (κ2) is 9.60. The van der Waals surface area contributed by atoms with Crippen LogP contribution in [-0.2, 0) is 0 Å². The highest BCUT2D eigenvalue weighted by atomic mass is 79.9. The van der Waals surface area contributed by atoms with Crippen LogP contribution in [0.15, 0.2) is 93.9 Å². The standard InChI is InChI=1S/C26H16Br2O5/c27-18-7-1-15(2-8-18)16-5-11-20(12-6-16)33-22-14-13-21(17-3-9-19(28)10-4-17)23(25(29)30)24(22)26(31)32/h1-14H,(H,29,30)(H,31,32). The molecule has 0 heterocycles. The zero-order chi connectivity index (χ0) is 23.5. The summed E-state index contributed by atoms with van der Waals surface area (Å²) in [4.78, 5) is 24.2. The van der Waals surface area contributed by atoms with Gasteiger partial charge in [-0.1, -0.05) is 68.3 Å². The molecule has 7 heteroatoms. The number of benzene rings is 4. The highest BCUT2D eigenvalue weighted by Crippen LogP contribution is 2.36. The molecular formula is C26H16Br2O5. The Labute approximate surface area is 206 Å². The largest absolute Gasteiger partial charge is 0.478 e. The molecule has 0 aliphatic carbocycles. The van der Waals surface area contributed by atoms with Gasteiger partial charge < -0.3 is 14.9 Å². The van der Waals surface area contributed by atoms with Gasteiger partial charge in [-0.15, -0.1) is 0 Å². The molecule has 0 atom stereocenters. The van der Waals surface area contributed by atoms with E-state index < -0.39 is 17.5 Å². The van der Waals surface area contributed by atoms with Gasteiger partial charge in [-0.05, 0) is 70.8 Å². The van der Waals surface area contributed by atoms with Crippen LogP contribution >= 0.6 is 31.9 Å². The lowest BCUT2D eigenvalue weighted by molar-refractivity contribution is 0.0649. The number of rotatable bonds is 6. The number of ether oxygens (including phenoxy) is 1. The first-order chi connectivity index (χ1) is 15.8. The van der Waals surface area contributed by atoms with Crippen molar-refractivity contribution in [2.45, 2.75) is 0 Å². The molecule has 33 heavy (non-hydrogen) atoms. The molecular weight excluding hydrogens is 552 g/mol. The van der Waals surface area contributed by atoms with Crippen molar-refractivity contribution in [1.29, 1.82) is 0 Å². The first kappa shape index (κ1) is 22.8. The maximum atomic E-state index is 12.1. The maximum absolute atomic E-state index is 12.1. The van der Waals surface area contributed by atoms with Crippen molar-refractivity contribution >= 4 is 43.8 Å². The Morgan fingerprint density at radius 3 is 1.52 bits per heavy atom. The molecule has 164 valence electrons. The van der Waals surface area contributed by atoms with Gasteiger partial charge in [0.1, 0.15) is 17.1 Å². The van der Waals surface area contributed by atoms with E-state index in [2.05, 4.69) is 31.9 Å². The van der Waals surface area contributed by atoms with E-state index in [0.717, 1.165) is 20.1 Å². The molecule has 0 saturated carbocycles. The average molecular weight is 568 g/mol. The Balaban J connectivity index is 1.72. The van der Waals surface area contributed by atoms with Gasteiger partial charge >= 0.3 is 11.9 Å². The van der Waals surface area contributed by atoms with Gasteiger partial charge in [0.15, 0.2) is 0 Å². The van der Waals surface area contributed by atoms with E-state index in [1.807, 2.05) is 36.4 Å². The Hall–Kier alpha value is -3.42. The van der Waals surface area contributed by atoms with E-state index in [9.17, 15) is 19.8 Å². The van der Waals surface area contributed by atoms with E-state index >= 15 is 0 Å². The van der Waals surface area contributed by atoms with Crippen LogP contribution < -0.4 is 4.74 Å². The van der Waals surface area contributed by atoms with Crippen LogP contribution in [0, 0.1) is 0 Å². The molecule has 0 fully saturated rings. The monoisotopic (exact) mass is 566 g/mol. The summed E-state index contributed by atoms with van der Waals surface area (Å²) in [6.45, 7) is 0. The van der Waals surface area contributed by atoms with Crippen molar-refractivity contribution in [1.82, 2.24) is 0 Å². The molecule has 0 aliphatic rings. The average Bonchev–Trinajstić information content (AvgIpc) is 2.80. The smallest absolute Gasteiger partial charge is 0.340 e. The summed E-state index contributed by atoms with van der Waals surface area (Å²) in [6.07, 6.45) is 0. The summed E-state index contributed by atoms with van der Waals surface area (Å²) in [7, 11) is 0. The fourth-order valence-corrected chi connectivity index (χ4v) is 3.99. The molecule has 0 radical (unpaired) electrons. The third-order valence-electron chi connectivity index (χ3n) is 5.01. The molecule has 4 aromatic rings. The third-order valence-corrected chi connectivity index (χ3v) is 6.07. The minimum absolute atomic E-state index is 0.0443. The summed E-state index contributed by atoms with van der Waals surface area (Å²) < 4.78 is 7.63. The van der Waals surface area contributed by atoms with E-state index in [-0.39, 0.29) is 11.3 Å². The van der Waals surface area contributed by atoms with E-state index in [0.29, 0.717) is 16.9 Å². The predicted octanol–water partition coefficient (Wildman–Crippen LogP) is 7.73. The molecule has 4 rings (SSSR count). The van der Waals surface area contributed by atoms with Gasteiger partial charge in [0.05, 0.1) is 5.56 Å². The number of hydrogen-bond acceptors (Lipinski definition) is 3. The molecule has 0 spiro atoms. The lowest BCUT2D eigenvalue weighted by Crippen LogP contribution is -2.11. The lowest BCUT2D eigenvalue weighted by atomic mass is 9.94. The summed E-state index contributed by atoms with van der Waals surface area (Å²) >= 11 is 6.75. The lowest BCUT2D eigenvalue weighted by Gasteiger charge is -2.15. The van der Waals surface area contributed by atoms with E-state index in [4.69, 9.17) is 4.74 Å². The topological polar surface area (TPSA) is 83.8 Å². The fourth-order valence-electron chi connectivity index (χ4n) is 3.46. The first-order valence-electron chi connectivity index (χ1n) is 9.77. The van der Waals surface area contributed by atoms with Crippen molar-refractivity contribution < 1.29 is 24.5 Å². The van der Waals surface area contributed by atoms with Crippen LogP contribution in [-0.4, -0.2) is 22.2 Å². The van der Waals surface area contributed by atoms with Crippen molar-refractivity contribution in [3.8, 4) is 33.8 Å². The molecule has 0 bridgehead atoms. The highest BCUT2D eigenvalue weighted by molar-refractivity contribution is 9.10. The molecule has 4 aromatic carbocycles. The van der Waals surface area contributed by atoms with Gasteiger partial charge in [-0.25, -0.2) is 9.59 Å². The van der Waals surface area contributed by atoms with Crippen molar-refractivity contribution in [3.63, 3.8) is 0 Å². The number of halogens is 2. The number of carboxylic acids is 2. The molecule has 2 N–H and O–H groups in total. The zero-order valence-corrected chi connectivity index (χ0v) is 20.1. The Bertz CT molecular complexity index is 1330. The minimum atomic E-state index is -1.38. The van der Waals surface area contributed by atoms with Gasteiger partial charge in [0, 0.05) is 8.95 Å². The van der Waals surface area contributed by atoms with Crippen LogP contribution in [0.1, 0.15) is 20.7 Å². The second-order valence-corrected chi connectivity index (χ2v) is 8.94. The summed E-state index contributed by atoms with van der Waals surface area (Å²) in [5, 5.41) is 19.7. The minimum Gasteiger partial charge on any atom is -0.478 e. The van der Waals surface area contributed by atoms with E-state index in [1.54, 1.807) is 42.5 Å². The van der Waals surface area contributed by atoms with Crippen LogP contribution in [0.25, 0.3) is 22.3 Å². The van der Waals surface area contributed by atoms with Crippen molar-refractivity contribution in [3.05, 3.63) is 105 Å². The first-order valence-corrected chi connectivity index (χ1v) is 11.4. The predicted molar refractivity (Wildman–Crippen MR) is 133 cm³/mol.